The Labute approximate surface area is 101 Å². The van der Waals surface area contributed by atoms with Crippen LogP contribution in [0.2, 0.25) is 0 Å². The zero-order valence-corrected chi connectivity index (χ0v) is 10.1. The van der Waals surface area contributed by atoms with Crippen LogP contribution >= 0.6 is 0 Å². The molecule has 92 valence electrons. The van der Waals surface area contributed by atoms with E-state index in [1.807, 2.05) is 26.0 Å². The van der Waals surface area contributed by atoms with Gasteiger partial charge >= 0.3 is 0 Å². The summed E-state index contributed by atoms with van der Waals surface area (Å²) >= 11 is 0. The van der Waals surface area contributed by atoms with Crippen molar-refractivity contribution in [2.45, 2.75) is 38.4 Å². The number of carbonyl (C=O) groups is 1. The van der Waals surface area contributed by atoms with Gasteiger partial charge in [0.15, 0.2) is 0 Å². The van der Waals surface area contributed by atoms with Crippen molar-refractivity contribution in [3.8, 4) is 0 Å². The van der Waals surface area contributed by atoms with Gasteiger partial charge in [-0.3, -0.25) is 9.78 Å². The van der Waals surface area contributed by atoms with E-state index in [0.29, 0.717) is 0 Å². The molecule has 0 spiro atoms. The molecular weight excluding hydrogens is 216 g/mol. The van der Waals surface area contributed by atoms with E-state index >= 15 is 0 Å². The molecule has 1 fully saturated rings. The molecule has 5 nitrogen and oxygen atoms in total. The van der Waals surface area contributed by atoms with Gasteiger partial charge in [-0.2, -0.15) is 0 Å². The summed E-state index contributed by atoms with van der Waals surface area (Å²) in [5, 5.41) is 2.90. The Morgan fingerprint density at radius 2 is 2.12 bits per heavy atom. The molecule has 3 N–H and O–H groups in total. The van der Waals surface area contributed by atoms with Crippen LogP contribution in [-0.2, 0) is 4.79 Å². The maximum absolute atomic E-state index is 11.8. The number of hydrogen-bond acceptors (Lipinski definition) is 4. The maximum atomic E-state index is 11.8. The number of amides is 1. The molecule has 2 heterocycles. The molecule has 1 aromatic heterocycles. The number of hydrogen-bond donors (Lipinski definition) is 3. The SMILES string of the molecule is CC(C)NC(=O)C1CC(c2ccncc2)NN1. The van der Waals surface area contributed by atoms with Gasteiger partial charge in [0.1, 0.15) is 6.04 Å². The number of aromatic nitrogens is 1. The van der Waals surface area contributed by atoms with Gasteiger partial charge in [-0.1, -0.05) is 0 Å². The fourth-order valence-corrected chi connectivity index (χ4v) is 1.93. The average Bonchev–Trinajstić information content (AvgIpc) is 2.78. The third kappa shape index (κ3) is 3.01. The molecule has 2 atom stereocenters. The van der Waals surface area contributed by atoms with Gasteiger partial charge in [0.05, 0.1) is 0 Å². The first kappa shape index (κ1) is 12.0. The third-order valence-corrected chi connectivity index (χ3v) is 2.76. The molecule has 1 aliphatic rings. The van der Waals surface area contributed by atoms with Crippen molar-refractivity contribution in [2.24, 2.45) is 0 Å². The number of nitrogens with zero attached hydrogens (tertiary/aromatic N) is 1. The topological polar surface area (TPSA) is 66.0 Å². The highest BCUT2D eigenvalue weighted by Crippen LogP contribution is 2.21. The van der Waals surface area contributed by atoms with Gasteiger partial charge in [-0.15, -0.1) is 0 Å². The molecule has 0 aliphatic carbocycles. The van der Waals surface area contributed by atoms with E-state index in [9.17, 15) is 4.79 Å². The minimum absolute atomic E-state index is 0.0454. The van der Waals surface area contributed by atoms with E-state index in [4.69, 9.17) is 0 Å². The summed E-state index contributed by atoms with van der Waals surface area (Å²) in [4.78, 5) is 15.8. The van der Waals surface area contributed by atoms with Gasteiger partial charge in [0.2, 0.25) is 5.91 Å². The maximum Gasteiger partial charge on any atom is 0.238 e. The smallest absolute Gasteiger partial charge is 0.238 e. The first-order valence-electron chi connectivity index (χ1n) is 5.88. The van der Waals surface area contributed by atoms with E-state index < -0.39 is 0 Å². The predicted octanol–water partition coefficient (Wildman–Crippen LogP) is 0.514. The van der Waals surface area contributed by atoms with Crippen molar-refractivity contribution in [3.63, 3.8) is 0 Å². The van der Waals surface area contributed by atoms with Crippen molar-refractivity contribution < 1.29 is 4.79 Å². The highest BCUT2D eigenvalue weighted by molar-refractivity contribution is 5.82. The van der Waals surface area contributed by atoms with Crippen molar-refractivity contribution in [3.05, 3.63) is 30.1 Å². The standard InChI is InChI=1S/C12H18N4O/c1-8(2)14-12(17)11-7-10(15-16-11)9-3-5-13-6-4-9/h3-6,8,10-11,15-16H,7H2,1-2H3,(H,14,17). The Bertz CT molecular complexity index is 379. The predicted molar refractivity (Wildman–Crippen MR) is 64.9 cm³/mol. The fraction of sp³-hybridized carbons (Fsp3) is 0.500. The van der Waals surface area contributed by atoms with Crippen LogP contribution in [0.3, 0.4) is 0 Å². The van der Waals surface area contributed by atoms with Crippen molar-refractivity contribution >= 4 is 5.91 Å². The van der Waals surface area contributed by atoms with Gasteiger partial charge in [0.25, 0.3) is 0 Å². The van der Waals surface area contributed by atoms with E-state index in [2.05, 4.69) is 21.2 Å². The van der Waals surface area contributed by atoms with E-state index in [0.717, 1.165) is 12.0 Å². The molecule has 1 aliphatic heterocycles. The highest BCUT2D eigenvalue weighted by atomic mass is 16.2. The average molecular weight is 234 g/mol. The fourth-order valence-electron chi connectivity index (χ4n) is 1.93. The number of carbonyl (C=O) groups excluding carboxylic acids is 1. The van der Waals surface area contributed by atoms with Crippen molar-refractivity contribution in [1.29, 1.82) is 0 Å². The van der Waals surface area contributed by atoms with Gasteiger partial charge in [0, 0.05) is 24.5 Å². The van der Waals surface area contributed by atoms with Crippen LogP contribution in [0.15, 0.2) is 24.5 Å². The van der Waals surface area contributed by atoms with Gasteiger partial charge in [-0.25, -0.2) is 10.9 Å². The minimum Gasteiger partial charge on any atom is -0.353 e. The lowest BCUT2D eigenvalue weighted by Crippen LogP contribution is -2.45. The highest BCUT2D eigenvalue weighted by Gasteiger charge is 2.30. The lowest BCUT2D eigenvalue weighted by molar-refractivity contribution is -0.123. The Hall–Kier alpha value is -1.46. The van der Waals surface area contributed by atoms with Crippen LogP contribution in [0.25, 0.3) is 0 Å². The summed E-state index contributed by atoms with van der Waals surface area (Å²) in [7, 11) is 0. The zero-order valence-electron chi connectivity index (χ0n) is 10.1. The molecule has 0 aromatic carbocycles. The summed E-state index contributed by atoms with van der Waals surface area (Å²) in [5.74, 6) is 0.0454. The van der Waals surface area contributed by atoms with Crippen LogP contribution < -0.4 is 16.2 Å². The number of pyridine rings is 1. The molecule has 0 bridgehead atoms. The van der Waals surface area contributed by atoms with Crippen molar-refractivity contribution in [2.75, 3.05) is 0 Å². The Kier molecular flexibility index (Phi) is 3.71. The van der Waals surface area contributed by atoms with E-state index in [-0.39, 0.29) is 24.0 Å². The van der Waals surface area contributed by atoms with Gasteiger partial charge < -0.3 is 5.32 Å². The second-order valence-electron chi connectivity index (χ2n) is 4.57. The summed E-state index contributed by atoms with van der Waals surface area (Å²) < 4.78 is 0. The molecule has 17 heavy (non-hydrogen) atoms. The lowest BCUT2D eigenvalue weighted by atomic mass is 10.0. The van der Waals surface area contributed by atoms with E-state index in [1.54, 1.807) is 12.4 Å². The molecular formula is C12H18N4O. The zero-order chi connectivity index (χ0) is 12.3. The van der Waals surface area contributed by atoms with Crippen LogP contribution in [0.1, 0.15) is 31.9 Å². The molecule has 2 unspecified atom stereocenters. The first-order valence-corrected chi connectivity index (χ1v) is 5.88. The van der Waals surface area contributed by atoms with Crippen LogP contribution in [-0.4, -0.2) is 23.0 Å². The second-order valence-corrected chi connectivity index (χ2v) is 4.57. The molecule has 2 rings (SSSR count). The normalized spacial score (nSPS) is 23.9. The van der Waals surface area contributed by atoms with Crippen LogP contribution in [0.4, 0.5) is 0 Å². The summed E-state index contributed by atoms with van der Waals surface area (Å²) in [5.41, 5.74) is 7.31. The molecule has 1 amide bonds. The Morgan fingerprint density at radius 3 is 2.76 bits per heavy atom. The molecule has 0 radical (unpaired) electrons. The molecule has 5 heteroatoms. The molecule has 1 saturated heterocycles. The second kappa shape index (κ2) is 5.25. The van der Waals surface area contributed by atoms with Crippen LogP contribution in [0.5, 0.6) is 0 Å². The Morgan fingerprint density at radius 1 is 1.41 bits per heavy atom. The largest absolute Gasteiger partial charge is 0.353 e. The molecule has 1 aromatic rings. The Balaban J connectivity index is 1.94. The summed E-state index contributed by atoms with van der Waals surface area (Å²) in [6, 6.07) is 4.09. The minimum atomic E-state index is -0.171. The summed E-state index contributed by atoms with van der Waals surface area (Å²) in [6.45, 7) is 3.92. The monoisotopic (exact) mass is 234 g/mol. The summed E-state index contributed by atoms with van der Waals surface area (Å²) in [6.07, 6.45) is 4.28. The van der Waals surface area contributed by atoms with E-state index in [1.165, 1.54) is 0 Å². The lowest BCUT2D eigenvalue weighted by Gasteiger charge is -2.12. The number of rotatable bonds is 3. The van der Waals surface area contributed by atoms with Crippen LogP contribution in [0, 0.1) is 0 Å². The molecule has 0 saturated carbocycles. The van der Waals surface area contributed by atoms with Crippen molar-refractivity contribution in [1.82, 2.24) is 21.2 Å². The first-order chi connectivity index (χ1) is 8.16. The van der Waals surface area contributed by atoms with Gasteiger partial charge in [-0.05, 0) is 38.0 Å². The quantitative estimate of drug-likeness (QED) is 0.713. The third-order valence-electron chi connectivity index (χ3n) is 2.76. The number of hydrazine groups is 1. The number of nitrogens with one attached hydrogen (secondary N) is 3.